The van der Waals surface area contributed by atoms with Crippen molar-refractivity contribution in [3.63, 3.8) is 0 Å². The number of hydrogen-bond acceptors (Lipinski definition) is 5. The van der Waals surface area contributed by atoms with Gasteiger partial charge in [0.25, 0.3) is 5.69 Å². The highest BCUT2D eigenvalue weighted by Crippen LogP contribution is 2.27. The third kappa shape index (κ3) is 5.02. The van der Waals surface area contributed by atoms with Crippen LogP contribution < -0.4 is 11.1 Å². The summed E-state index contributed by atoms with van der Waals surface area (Å²) < 4.78 is 5.11. The zero-order valence-electron chi connectivity index (χ0n) is 10.8. The summed E-state index contributed by atoms with van der Waals surface area (Å²) in [6.07, 6.45) is 1.69. The van der Waals surface area contributed by atoms with Crippen molar-refractivity contribution >= 4 is 23.0 Å². The van der Waals surface area contributed by atoms with Crippen molar-refractivity contribution in [3.05, 3.63) is 33.3 Å². The minimum absolute atomic E-state index is 0.0642. The summed E-state index contributed by atoms with van der Waals surface area (Å²) in [5.41, 5.74) is 6.01. The second-order valence-corrected chi connectivity index (χ2v) is 4.56. The Bertz CT molecular complexity index is 429. The van der Waals surface area contributed by atoms with Gasteiger partial charge in [0.2, 0.25) is 0 Å². The van der Waals surface area contributed by atoms with Crippen LogP contribution in [0.25, 0.3) is 0 Å². The molecule has 1 rings (SSSR count). The van der Waals surface area contributed by atoms with Gasteiger partial charge >= 0.3 is 0 Å². The molecule has 0 fully saturated rings. The average molecular weight is 288 g/mol. The van der Waals surface area contributed by atoms with Crippen molar-refractivity contribution in [2.75, 3.05) is 25.6 Å². The maximum absolute atomic E-state index is 10.8. The van der Waals surface area contributed by atoms with Crippen molar-refractivity contribution in [1.82, 2.24) is 0 Å². The molecule has 1 unspecified atom stereocenters. The van der Waals surface area contributed by atoms with E-state index in [0.29, 0.717) is 18.8 Å². The zero-order chi connectivity index (χ0) is 14.3. The maximum atomic E-state index is 10.8. The summed E-state index contributed by atoms with van der Waals surface area (Å²) in [4.78, 5) is 10.3. The van der Waals surface area contributed by atoms with Gasteiger partial charge in [-0.1, -0.05) is 11.6 Å². The summed E-state index contributed by atoms with van der Waals surface area (Å²) in [5.74, 6) is 0. The highest BCUT2D eigenvalue weighted by molar-refractivity contribution is 6.32. The fraction of sp³-hybridized carbons (Fsp3) is 0.500. The minimum Gasteiger partial charge on any atom is -0.383 e. The molecule has 0 bridgehead atoms. The Balaban J connectivity index is 2.78. The maximum Gasteiger partial charge on any atom is 0.289 e. The van der Waals surface area contributed by atoms with Crippen LogP contribution in [0.5, 0.6) is 0 Å². The van der Waals surface area contributed by atoms with E-state index in [9.17, 15) is 10.1 Å². The van der Waals surface area contributed by atoms with Crippen molar-refractivity contribution in [3.8, 4) is 0 Å². The van der Waals surface area contributed by atoms with Crippen molar-refractivity contribution < 1.29 is 9.66 Å². The third-order valence-electron chi connectivity index (χ3n) is 2.64. The molecule has 1 aromatic rings. The van der Waals surface area contributed by atoms with E-state index >= 15 is 0 Å². The lowest BCUT2D eigenvalue weighted by Crippen LogP contribution is -2.25. The molecule has 1 aromatic carbocycles. The number of rotatable bonds is 8. The van der Waals surface area contributed by atoms with Gasteiger partial charge in [-0.05, 0) is 31.5 Å². The van der Waals surface area contributed by atoms with E-state index in [0.717, 1.165) is 12.8 Å². The minimum atomic E-state index is -0.501. The Labute approximate surface area is 117 Å². The zero-order valence-corrected chi connectivity index (χ0v) is 11.5. The van der Waals surface area contributed by atoms with E-state index in [1.807, 2.05) is 0 Å². The Hall–Kier alpha value is -1.37. The van der Waals surface area contributed by atoms with Crippen molar-refractivity contribution in [2.24, 2.45) is 5.73 Å². The molecule has 6 nitrogen and oxygen atoms in total. The van der Waals surface area contributed by atoms with Gasteiger partial charge in [0.1, 0.15) is 5.02 Å². The quantitative estimate of drug-likeness (QED) is 0.566. The van der Waals surface area contributed by atoms with Gasteiger partial charge in [-0.15, -0.1) is 0 Å². The Morgan fingerprint density at radius 2 is 2.32 bits per heavy atom. The normalized spacial score (nSPS) is 12.2. The lowest BCUT2D eigenvalue weighted by atomic mass is 10.1. The van der Waals surface area contributed by atoms with Crippen molar-refractivity contribution in [1.29, 1.82) is 0 Å². The first-order valence-corrected chi connectivity index (χ1v) is 6.35. The molecule has 0 spiro atoms. The number of ether oxygens (including phenoxy) is 1. The van der Waals surface area contributed by atoms with Crippen LogP contribution in [0.2, 0.25) is 5.02 Å². The van der Waals surface area contributed by atoms with Gasteiger partial charge < -0.3 is 15.8 Å². The molecule has 0 radical (unpaired) electrons. The molecule has 0 saturated carbocycles. The highest BCUT2D eigenvalue weighted by atomic mass is 35.5. The number of nitro benzene ring substituents is 1. The molecule has 0 amide bonds. The number of hydrogen-bond donors (Lipinski definition) is 2. The average Bonchev–Trinajstić information content (AvgIpc) is 2.38. The van der Waals surface area contributed by atoms with E-state index in [4.69, 9.17) is 22.1 Å². The van der Waals surface area contributed by atoms with Crippen LogP contribution in [0, 0.1) is 10.1 Å². The van der Waals surface area contributed by atoms with E-state index in [-0.39, 0.29) is 16.8 Å². The van der Waals surface area contributed by atoms with Gasteiger partial charge in [0.05, 0.1) is 11.5 Å². The first-order valence-electron chi connectivity index (χ1n) is 5.98. The molecule has 0 aliphatic heterocycles. The molecular weight excluding hydrogens is 270 g/mol. The predicted octanol–water partition coefficient (Wildman–Crippen LogP) is 2.41. The van der Waals surface area contributed by atoms with Crippen LogP contribution >= 0.6 is 11.6 Å². The van der Waals surface area contributed by atoms with E-state index in [1.54, 1.807) is 13.2 Å². The van der Waals surface area contributed by atoms with E-state index in [1.165, 1.54) is 12.1 Å². The number of nitrogens with zero attached hydrogens (tertiary/aromatic N) is 1. The molecule has 0 aromatic heterocycles. The molecule has 1 atom stereocenters. The fourth-order valence-electron chi connectivity index (χ4n) is 1.74. The van der Waals surface area contributed by atoms with E-state index < -0.39 is 4.92 Å². The highest BCUT2D eigenvalue weighted by Gasteiger charge is 2.14. The van der Waals surface area contributed by atoms with Crippen LogP contribution in [-0.4, -0.2) is 31.2 Å². The summed E-state index contributed by atoms with van der Waals surface area (Å²) in [6, 6.07) is 4.71. The molecule has 3 N–H and O–H groups in total. The summed E-state index contributed by atoms with van der Waals surface area (Å²) >= 11 is 5.76. The second kappa shape index (κ2) is 7.93. The van der Waals surface area contributed by atoms with Gasteiger partial charge in [-0.3, -0.25) is 10.1 Å². The number of halogens is 1. The van der Waals surface area contributed by atoms with E-state index in [2.05, 4.69) is 5.32 Å². The monoisotopic (exact) mass is 287 g/mol. The van der Waals surface area contributed by atoms with Gasteiger partial charge in [-0.25, -0.2) is 0 Å². The molecule has 0 heterocycles. The molecule has 0 saturated heterocycles. The molecular formula is C12H18ClN3O3. The Kier molecular flexibility index (Phi) is 6.55. The third-order valence-corrected chi connectivity index (χ3v) is 2.96. The number of nitro groups is 1. The fourth-order valence-corrected chi connectivity index (χ4v) is 1.93. The standard InChI is InChI=1S/C12H18ClN3O3/c1-19-8-10(3-2-6-14)15-9-4-5-11(13)12(7-9)16(17)18/h4-5,7,10,15H,2-3,6,8,14H2,1H3. The molecule has 0 aliphatic carbocycles. The lowest BCUT2D eigenvalue weighted by molar-refractivity contribution is -0.384. The number of methoxy groups -OCH3 is 1. The van der Waals surface area contributed by atoms with Crippen LogP contribution in [0.15, 0.2) is 18.2 Å². The number of nitrogens with two attached hydrogens (primary N) is 1. The summed E-state index contributed by atoms with van der Waals surface area (Å²) in [5, 5.41) is 14.1. The molecule has 106 valence electrons. The van der Waals surface area contributed by atoms with Crippen molar-refractivity contribution in [2.45, 2.75) is 18.9 Å². The number of benzene rings is 1. The molecule has 19 heavy (non-hydrogen) atoms. The smallest absolute Gasteiger partial charge is 0.289 e. The topological polar surface area (TPSA) is 90.4 Å². The SMILES string of the molecule is COCC(CCCN)Nc1ccc(Cl)c([N+](=O)[O-])c1. The van der Waals surface area contributed by atoms with Gasteiger partial charge in [0.15, 0.2) is 0 Å². The molecule has 7 heteroatoms. The largest absolute Gasteiger partial charge is 0.383 e. The van der Waals surface area contributed by atoms with Gasteiger partial charge in [0, 0.05) is 24.9 Å². The summed E-state index contributed by atoms with van der Waals surface area (Å²) in [7, 11) is 1.61. The molecule has 0 aliphatic rings. The first kappa shape index (κ1) is 15.7. The number of nitrogens with one attached hydrogen (secondary N) is 1. The Morgan fingerprint density at radius 3 is 2.89 bits per heavy atom. The number of anilines is 1. The van der Waals surface area contributed by atoms with Crippen LogP contribution in [0.1, 0.15) is 12.8 Å². The first-order chi connectivity index (χ1) is 9.08. The second-order valence-electron chi connectivity index (χ2n) is 4.15. The van der Waals surface area contributed by atoms with Gasteiger partial charge in [-0.2, -0.15) is 0 Å². The lowest BCUT2D eigenvalue weighted by Gasteiger charge is -2.18. The predicted molar refractivity (Wildman–Crippen MR) is 75.7 cm³/mol. The van der Waals surface area contributed by atoms with Crippen LogP contribution in [0.4, 0.5) is 11.4 Å². The summed E-state index contributed by atoms with van der Waals surface area (Å²) in [6.45, 7) is 1.11. The van der Waals surface area contributed by atoms with Crippen LogP contribution in [0.3, 0.4) is 0 Å². The van der Waals surface area contributed by atoms with Crippen LogP contribution in [-0.2, 0) is 4.74 Å². The Morgan fingerprint density at radius 1 is 1.58 bits per heavy atom.